The van der Waals surface area contributed by atoms with E-state index in [1.807, 2.05) is 13.0 Å². The van der Waals surface area contributed by atoms with Crippen molar-refractivity contribution in [1.82, 2.24) is 14.8 Å². The first-order valence-corrected chi connectivity index (χ1v) is 12.3. The van der Waals surface area contributed by atoms with E-state index in [-0.39, 0.29) is 11.7 Å². The standard InChI is InChI=1S/C28H26F3N5O2/c1-19-12-22(16-34-8-10-35(11-9-34)25-7-4-21(14-32)15-33-25)13-23-18-36(27(37)26(19)23)17-20-2-5-24(6-3-20)38-28(29,30)31/h2-7,12-13,15H,8-11,16-18H2,1H3. The third-order valence-corrected chi connectivity index (χ3v) is 6.85. The zero-order valence-corrected chi connectivity index (χ0v) is 20.8. The van der Waals surface area contributed by atoms with Crippen molar-refractivity contribution in [3.63, 3.8) is 0 Å². The summed E-state index contributed by atoms with van der Waals surface area (Å²) < 4.78 is 41.2. The Kier molecular flexibility index (Phi) is 6.95. The molecule has 7 nitrogen and oxygen atoms in total. The number of halogens is 3. The molecule has 2 aliphatic heterocycles. The van der Waals surface area contributed by atoms with Gasteiger partial charge in [0.25, 0.3) is 5.91 Å². The maximum absolute atomic E-state index is 13.1. The van der Waals surface area contributed by atoms with Crippen LogP contribution in [0, 0.1) is 18.3 Å². The second-order valence-electron chi connectivity index (χ2n) is 9.58. The van der Waals surface area contributed by atoms with Gasteiger partial charge in [0.05, 0.1) is 5.56 Å². The molecule has 0 radical (unpaired) electrons. The van der Waals surface area contributed by atoms with Crippen LogP contribution in [-0.2, 0) is 19.6 Å². The Morgan fingerprint density at radius 3 is 2.37 bits per heavy atom. The molecule has 3 aromatic rings. The summed E-state index contributed by atoms with van der Waals surface area (Å²) in [6, 6.07) is 15.5. The molecule has 5 rings (SSSR count). The molecule has 10 heteroatoms. The van der Waals surface area contributed by atoms with Gasteiger partial charge in [-0.2, -0.15) is 5.26 Å². The number of hydrogen-bond donors (Lipinski definition) is 0. The maximum Gasteiger partial charge on any atom is 0.573 e. The fourth-order valence-electron chi connectivity index (χ4n) is 5.08. The molecule has 196 valence electrons. The number of carbonyl (C=O) groups is 1. The van der Waals surface area contributed by atoms with Gasteiger partial charge in [-0.3, -0.25) is 9.69 Å². The number of ether oxygens (including phenoxy) is 1. The molecule has 0 N–H and O–H groups in total. The molecule has 0 unspecified atom stereocenters. The van der Waals surface area contributed by atoms with E-state index in [1.54, 1.807) is 29.3 Å². The van der Waals surface area contributed by atoms with Crippen LogP contribution in [0.4, 0.5) is 19.0 Å². The molecule has 0 aliphatic carbocycles. The number of fused-ring (bicyclic) bond motifs is 1. The molecule has 3 heterocycles. The third-order valence-electron chi connectivity index (χ3n) is 6.85. The lowest BCUT2D eigenvalue weighted by atomic mass is 10.00. The minimum Gasteiger partial charge on any atom is -0.406 e. The van der Waals surface area contributed by atoms with E-state index in [0.717, 1.165) is 60.8 Å². The van der Waals surface area contributed by atoms with E-state index in [9.17, 15) is 18.0 Å². The number of hydrogen-bond acceptors (Lipinski definition) is 6. The van der Waals surface area contributed by atoms with Crippen LogP contribution < -0.4 is 9.64 Å². The molecule has 0 bridgehead atoms. The van der Waals surface area contributed by atoms with Gasteiger partial charge in [-0.05, 0) is 53.4 Å². The topological polar surface area (TPSA) is 72.7 Å². The smallest absolute Gasteiger partial charge is 0.406 e. The molecule has 0 saturated carbocycles. The number of alkyl halides is 3. The number of aryl methyl sites for hydroxylation is 1. The Hall–Kier alpha value is -4.10. The number of benzene rings is 2. The maximum atomic E-state index is 13.1. The molecule has 2 aliphatic rings. The SMILES string of the molecule is Cc1cc(CN2CCN(c3ccc(C#N)cn3)CC2)cc2c1C(=O)N(Cc1ccc(OC(F)(F)F)cc1)C2. The van der Waals surface area contributed by atoms with Crippen molar-refractivity contribution in [2.75, 3.05) is 31.1 Å². The van der Waals surface area contributed by atoms with E-state index in [4.69, 9.17) is 5.26 Å². The first-order valence-electron chi connectivity index (χ1n) is 12.3. The molecular weight excluding hydrogens is 495 g/mol. The Morgan fingerprint density at radius 1 is 1.00 bits per heavy atom. The van der Waals surface area contributed by atoms with E-state index >= 15 is 0 Å². The summed E-state index contributed by atoms with van der Waals surface area (Å²) in [4.78, 5) is 23.8. The van der Waals surface area contributed by atoms with Gasteiger partial charge in [0.15, 0.2) is 0 Å². The van der Waals surface area contributed by atoms with Gasteiger partial charge in [-0.25, -0.2) is 4.98 Å². The van der Waals surface area contributed by atoms with Crippen LogP contribution in [-0.4, -0.2) is 53.2 Å². The quantitative estimate of drug-likeness (QED) is 0.471. The minimum absolute atomic E-state index is 0.0665. The van der Waals surface area contributed by atoms with E-state index in [1.165, 1.54) is 12.1 Å². The predicted molar refractivity (Wildman–Crippen MR) is 134 cm³/mol. The predicted octanol–water partition coefficient (Wildman–Crippen LogP) is 4.64. The zero-order valence-electron chi connectivity index (χ0n) is 20.8. The summed E-state index contributed by atoms with van der Waals surface area (Å²) in [5, 5.41) is 8.96. The highest BCUT2D eigenvalue weighted by atomic mass is 19.4. The van der Waals surface area contributed by atoms with Crippen molar-refractivity contribution in [3.8, 4) is 11.8 Å². The van der Waals surface area contributed by atoms with E-state index in [0.29, 0.717) is 24.2 Å². The normalized spacial score (nSPS) is 15.9. The number of carbonyl (C=O) groups excluding carboxylic acids is 1. The Bertz CT molecular complexity index is 1360. The molecule has 1 aromatic heterocycles. The van der Waals surface area contributed by atoms with Gasteiger partial charge in [0.1, 0.15) is 17.6 Å². The average molecular weight is 522 g/mol. The molecule has 1 amide bonds. The Labute approximate surface area is 218 Å². The van der Waals surface area contributed by atoms with E-state index in [2.05, 4.69) is 37.7 Å². The molecule has 0 spiro atoms. The number of aromatic nitrogens is 1. The van der Waals surface area contributed by atoms with Crippen molar-refractivity contribution in [2.24, 2.45) is 0 Å². The zero-order chi connectivity index (χ0) is 26.9. The Balaban J connectivity index is 1.19. The lowest BCUT2D eigenvalue weighted by Gasteiger charge is -2.35. The minimum atomic E-state index is -4.74. The first-order chi connectivity index (χ1) is 18.2. The van der Waals surface area contributed by atoms with Crippen molar-refractivity contribution < 1.29 is 22.7 Å². The molecular formula is C28H26F3N5O2. The van der Waals surface area contributed by atoms with Gasteiger partial charge in [-0.1, -0.05) is 24.3 Å². The fraction of sp³-hybridized carbons (Fsp3) is 0.321. The molecule has 0 atom stereocenters. The Morgan fingerprint density at radius 2 is 1.74 bits per heavy atom. The van der Waals surface area contributed by atoms with Crippen molar-refractivity contribution in [3.05, 3.63) is 88.1 Å². The van der Waals surface area contributed by atoms with Crippen molar-refractivity contribution >= 4 is 11.7 Å². The van der Waals surface area contributed by atoms with Crippen LogP contribution in [0.3, 0.4) is 0 Å². The number of rotatable bonds is 6. The highest BCUT2D eigenvalue weighted by molar-refractivity contribution is 5.99. The molecule has 1 saturated heterocycles. The van der Waals surface area contributed by atoms with Gasteiger partial charge < -0.3 is 14.5 Å². The lowest BCUT2D eigenvalue weighted by Crippen LogP contribution is -2.46. The van der Waals surface area contributed by atoms with Crippen LogP contribution in [0.25, 0.3) is 0 Å². The summed E-state index contributed by atoms with van der Waals surface area (Å²) in [6.07, 6.45) is -3.14. The number of pyridine rings is 1. The van der Waals surface area contributed by atoms with Crippen molar-refractivity contribution in [1.29, 1.82) is 5.26 Å². The van der Waals surface area contributed by atoms with Gasteiger partial charge in [0.2, 0.25) is 0 Å². The molecule has 1 fully saturated rings. The lowest BCUT2D eigenvalue weighted by molar-refractivity contribution is -0.274. The van der Waals surface area contributed by atoms with Crippen LogP contribution >= 0.6 is 0 Å². The number of amides is 1. The summed E-state index contributed by atoms with van der Waals surface area (Å²) in [7, 11) is 0. The molecule has 38 heavy (non-hydrogen) atoms. The second-order valence-corrected chi connectivity index (χ2v) is 9.58. The summed E-state index contributed by atoms with van der Waals surface area (Å²) in [5.74, 6) is 0.521. The average Bonchev–Trinajstić information content (AvgIpc) is 3.20. The summed E-state index contributed by atoms with van der Waals surface area (Å²) in [6.45, 7) is 6.90. The summed E-state index contributed by atoms with van der Waals surface area (Å²) >= 11 is 0. The van der Waals surface area contributed by atoms with Crippen LogP contribution in [0.1, 0.15) is 38.2 Å². The highest BCUT2D eigenvalue weighted by Gasteiger charge is 2.32. The largest absolute Gasteiger partial charge is 0.573 e. The summed E-state index contributed by atoms with van der Waals surface area (Å²) in [5.41, 5.74) is 5.04. The van der Waals surface area contributed by atoms with Crippen molar-refractivity contribution in [2.45, 2.75) is 32.9 Å². The number of anilines is 1. The number of nitriles is 1. The van der Waals surface area contributed by atoms with Crippen LogP contribution in [0.5, 0.6) is 5.75 Å². The third kappa shape index (κ3) is 5.73. The highest BCUT2D eigenvalue weighted by Crippen LogP contribution is 2.30. The number of nitrogens with zero attached hydrogens (tertiary/aromatic N) is 5. The number of piperazine rings is 1. The van der Waals surface area contributed by atoms with Crippen LogP contribution in [0.15, 0.2) is 54.7 Å². The van der Waals surface area contributed by atoms with Crippen LogP contribution in [0.2, 0.25) is 0 Å². The van der Waals surface area contributed by atoms with E-state index < -0.39 is 6.36 Å². The van der Waals surface area contributed by atoms with Gasteiger partial charge in [0, 0.05) is 57.6 Å². The second kappa shape index (κ2) is 10.3. The first kappa shape index (κ1) is 25.5. The fourth-order valence-corrected chi connectivity index (χ4v) is 5.08. The molecule has 2 aromatic carbocycles. The monoisotopic (exact) mass is 521 g/mol. The van der Waals surface area contributed by atoms with Gasteiger partial charge in [-0.15, -0.1) is 13.2 Å². The van der Waals surface area contributed by atoms with Gasteiger partial charge >= 0.3 is 6.36 Å².